The van der Waals surface area contributed by atoms with Crippen molar-refractivity contribution in [1.82, 2.24) is 15.5 Å². The van der Waals surface area contributed by atoms with E-state index in [-0.39, 0.29) is 23.6 Å². The molecule has 1 heterocycles. The van der Waals surface area contributed by atoms with Crippen LogP contribution in [0.3, 0.4) is 0 Å². The Morgan fingerprint density at radius 2 is 1.96 bits per heavy atom. The van der Waals surface area contributed by atoms with Crippen LogP contribution in [0, 0.1) is 5.92 Å². The minimum atomic E-state index is -0.610. The largest absolute Gasteiger partial charge is 0.467 e. The minimum Gasteiger partial charge on any atom is -0.467 e. The van der Waals surface area contributed by atoms with Crippen molar-refractivity contribution >= 4 is 40.1 Å². The fraction of sp³-hybridized carbons (Fsp3) is 0.714. The number of nitrogens with zero attached hydrogens (tertiary/aromatic N) is 2. The summed E-state index contributed by atoms with van der Waals surface area (Å²) in [6.07, 6.45) is 0.546. The lowest BCUT2D eigenvalue weighted by molar-refractivity contribution is -0.145. The van der Waals surface area contributed by atoms with Gasteiger partial charge in [-0.2, -0.15) is 0 Å². The molecule has 0 saturated heterocycles. The van der Waals surface area contributed by atoms with E-state index >= 15 is 0 Å². The molecule has 0 aliphatic carbocycles. The molecule has 0 saturated carbocycles. The van der Waals surface area contributed by atoms with Crippen molar-refractivity contribution in [3.05, 3.63) is 0 Å². The number of rotatable bonds is 9. The van der Waals surface area contributed by atoms with Crippen molar-refractivity contribution in [3.63, 3.8) is 0 Å². The summed E-state index contributed by atoms with van der Waals surface area (Å²) in [6, 6.07) is -0.332. The molecule has 130 valence electrons. The Labute approximate surface area is 145 Å². The summed E-state index contributed by atoms with van der Waals surface area (Å²) in [5.74, 6) is -0.182. The highest BCUT2D eigenvalue weighted by molar-refractivity contribution is 8.01. The zero-order valence-corrected chi connectivity index (χ0v) is 15.7. The highest BCUT2D eigenvalue weighted by Gasteiger charge is 2.22. The molecule has 0 aliphatic heterocycles. The van der Waals surface area contributed by atoms with Crippen LogP contribution < -0.4 is 10.6 Å². The van der Waals surface area contributed by atoms with E-state index in [0.29, 0.717) is 10.8 Å². The molecule has 0 bridgehead atoms. The first-order valence-electron chi connectivity index (χ1n) is 7.41. The average molecular weight is 361 g/mol. The van der Waals surface area contributed by atoms with Crippen LogP contribution in [0.4, 0.5) is 5.13 Å². The number of hydrogen-bond acceptors (Lipinski definition) is 8. The Hall–Kier alpha value is -1.35. The summed E-state index contributed by atoms with van der Waals surface area (Å²) in [4.78, 5) is 23.7. The van der Waals surface area contributed by atoms with Crippen molar-refractivity contribution < 1.29 is 14.3 Å². The van der Waals surface area contributed by atoms with Gasteiger partial charge in [0.15, 0.2) is 4.34 Å². The van der Waals surface area contributed by atoms with Gasteiger partial charge < -0.3 is 15.4 Å². The summed E-state index contributed by atoms with van der Waals surface area (Å²) in [6.45, 7) is 8.01. The topological polar surface area (TPSA) is 93.2 Å². The van der Waals surface area contributed by atoms with Crippen LogP contribution in [-0.4, -0.2) is 47.0 Å². The number of ether oxygens (including phenoxy) is 1. The number of carbonyl (C=O) groups is 2. The number of hydrogen-bond donors (Lipinski definition) is 2. The van der Waals surface area contributed by atoms with Crippen molar-refractivity contribution in [2.75, 3.05) is 18.2 Å². The van der Waals surface area contributed by atoms with Gasteiger partial charge in [-0.3, -0.25) is 4.79 Å². The minimum absolute atomic E-state index is 0.182. The Kier molecular flexibility index (Phi) is 8.32. The SMILES string of the molecule is COC(=O)[C@H](CC(C)C)NC(=O)CSc1nnc(NC(C)C)s1. The molecule has 1 amide bonds. The lowest BCUT2D eigenvalue weighted by Crippen LogP contribution is -2.43. The van der Waals surface area contributed by atoms with Crippen LogP contribution in [0.2, 0.25) is 0 Å². The van der Waals surface area contributed by atoms with Crippen LogP contribution >= 0.6 is 23.1 Å². The summed E-state index contributed by atoms with van der Waals surface area (Å²) in [7, 11) is 1.32. The standard InChI is InChI=1S/C14H24N4O3S2/c1-8(2)6-10(12(20)21-5)16-11(19)7-22-14-18-17-13(23-14)15-9(3)4/h8-10H,6-7H2,1-5H3,(H,15,17)(H,16,19)/t10-/m0/s1. The van der Waals surface area contributed by atoms with Crippen LogP contribution in [0.15, 0.2) is 4.34 Å². The number of carbonyl (C=O) groups excluding carboxylic acids is 2. The van der Waals surface area contributed by atoms with E-state index in [1.165, 1.54) is 30.2 Å². The molecule has 1 aromatic rings. The van der Waals surface area contributed by atoms with Gasteiger partial charge in [-0.05, 0) is 26.2 Å². The number of methoxy groups -OCH3 is 1. The lowest BCUT2D eigenvalue weighted by atomic mass is 10.0. The molecule has 0 unspecified atom stereocenters. The molecule has 0 radical (unpaired) electrons. The highest BCUT2D eigenvalue weighted by Crippen LogP contribution is 2.25. The fourth-order valence-electron chi connectivity index (χ4n) is 1.76. The molecule has 1 aromatic heterocycles. The monoisotopic (exact) mass is 360 g/mol. The van der Waals surface area contributed by atoms with Gasteiger partial charge in [-0.15, -0.1) is 10.2 Å². The Bertz CT molecular complexity index is 520. The number of nitrogens with one attached hydrogen (secondary N) is 2. The first kappa shape index (κ1) is 19.7. The van der Waals surface area contributed by atoms with Gasteiger partial charge in [0.1, 0.15) is 6.04 Å². The second-order valence-corrected chi connectivity index (χ2v) is 7.93. The van der Waals surface area contributed by atoms with E-state index in [0.717, 1.165) is 5.13 Å². The van der Waals surface area contributed by atoms with Crippen molar-refractivity contribution in [2.24, 2.45) is 5.92 Å². The molecule has 1 rings (SSSR count). The van der Waals surface area contributed by atoms with E-state index in [1.807, 2.05) is 27.7 Å². The smallest absolute Gasteiger partial charge is 0.328 e. The molecule has 7 nitrogen and oxygen atoms in total. The molecule has 2 N–H and O–H groups in total. The molecular formula is C14H24N4O3S2. The van der Waals surface area contributed by atoms with Gasteiger partial charge in [0, 0.05) is 6.04 Å². The normalized spacial score (nSPS) is 12.3. The van der Waals surface area contributed by atoms with E-state index in [4.69, 9.17) is 4.74 Å². The highest BCUT2D eigenvalue weighted by atomic mass is 32.2. The van der Waals surface area contributed by atoms with E-state index in [1.54, 1.807) is 0 Å². The number of amides is 1. The molecule has 9 heteroatoms. The number of thioether (sulfide) groups is 1. The zero-order chi connectivity index (χ0) is 17.4. The molecule has 1 atom stereocenters. The van der Waals surface area contributed by atoms with E-state index in [9.17, 15) is 9.59 Å². The van der Waals surface area contributed by atoms with Crippen molar-refractivity contribution in [3.8, 4) is 0 Å². The first-order valence-corrected chi connectivity index (χ1v) is 9.22. The Morgan fingerprint density at radius 1 is 1.26 bits per heavy atom. The van der Waals surface area contributed by atoms with Gasteiger partial charge in [0.2, 0.25) is 11.0 Å². The third kappa shape index (κ3) is 7.65. The summed E-state index contributed by atoms with van der Waals surface area (Å²) >= 11 is 2.70. The first-order chi connectivity index (χ1) is 10.8. The van der Waals surface area contributed by atoms with Crippen molar-refractivity contribution in [1.29, 1.82) is 0 Å². The number of anilines is 1. The third-order valence-electron chi connectivity index (χ3n) is 2.67. The fourth-order valence-corrected chi connectivity index (χ4v) is 3.47. The second kappa shape index (κ2) is 9.71. The molecule has 23 heavy (non-hydrogen) atoms. The molecule has 0 spiro atoms. The van der Waals surface area contributed by atoms with Crippen LogP contribution in [-0.2, 0) is 14.3 Å². The maximum Gasteiger partial charge on any atom is 0.328 e. The van der Waals surface area contributed by atoms with Crippen molar-refractivity contribution in [2.45, 2.75) is 50.5 Å². The maximum absolute atomic E-state index is 12.0. The predicted octanol–water partition coefficient (Wildman–Crippen LogP) is 2.15. The average Bonchev–Trinajstić information content (AvgIpc) is 2.89. The third-order valence-corrected chi connectivity index (χ3v) is 4.66. The number of esters is 1. The quantitative estimate of drug-likeness (QED) is 0.515. The Morgan fingerprint density at radius 3 is 2.52 bits per heavy atom. The molecule has 0 fully saturated rings. The van der Waals surface area contributed by atoms with E-state index < -0.39 is 12.0 Å². The van der Waals surface area contributed by atoms with Crippen LogP contribution in [0.1, 0.15) is 34.1 Å². The summed E-state index contributed by atoms with van der Waals surface area (Å²) in [5, 5.41) is 14.6. The van der Waals surface area contributed by atoms with E-state index in [2.05, 4.69) is 20.8 Å². The van der Waals surface area contributed by atoms with Gasteiger partial charge in [-0.25, -0.2) is 4.79 Å². The van der Waals surface area contributed by atoms with Crippen LogP contribution in [0.5, 0.6) is 0 Å². The predicted molar refractivity (Wildman–Crippen MR) is 92.8 cm³/mol. The maximum atomic E-state index is 12.0. The van der Waals surface area contributed by atoms with Gasteiger partial charge >= 0.3 is 5.97 Å². The van der Waals surface area contributed by atoms with Gasteiger partial charge in [-0.1, -0.05) is 36.9 Å². The molecule has 0 aromatic carbocycles. The molecular weight excluding hydrogens is 336 g/mol. The summed E-state index contributed by atoms with van der Waals surface area (Å²) < 4.78 is 5.44. The van der Waals surface area contributed by atoms with Gasteiger partial charge in [0.05, 0.1) is 12.9 Å². The lowest BCUT2D eigenvalue weighted by Gasteiger charge is -2.17. The number of aromatic nitrogens is 2. The van der Waals surface area contributed by atoms with Gasteiger partial charge in [0.25, 0.3) is 0 Å². The Balaban J connectivity index is 2.48. The zero-order valence-electron chi connectivity index (χ0n) is 14.1. The second-order valence-electron chi connectivity index (χ2n) is 5.73. The summed E-state index contributed by atoms with van der Waals surface area (Å²) in [5.41, 5.74) is 0. The molecule has 0 aliphatic rings. The van der Waals surface area contributed by atoms with Crippen LogP contribution in [0.25, 0.3) is 0 Å².